The number of ether oxygens (including phenoxy) is 1. The minimum atomic E-state index is -0.646. The van der Waals surface area contributed by atoms with Crippen molar-refractivity contribution in [2.75, 3.05) is 13.7 Å². The molecule has 1 saturated heterocycles. The van der Waals surface area contributed by atoms with Crippen LogP contribution in [0.25, 0.3) is 0 Å². The maximum atomic E-state index is 12.4. The number of esters is 1. The zero-order chi connectivity index (χ0) is 21.4. The molecule has 2 atom stereocenters. The summed E-state index contributed by atoms with van der Waals surface area (Å²) < 4.78 is 4.71. The van der Waals surface area contributed by atoms with Crippen LogP contribution in [0.1, 0.15) is 75.2 Å². The van der Waals surface area contributed by atoms with Crippen LogP contribution < -0.4 is 5.32 Å². The minimum Gasteiger partial charge on any atom is -0.465 e. The molecule has 1 fully saturated rings. The smallest absolute Gasteiger partial charge is 0.337 e. The van der Waals surface area contributed by atoms with Gasteiger partial charge < -0.3 is 20.1 Å². The van der Waals surface area contributed by atoms with E-state index in [1.54, 1.807) is 12.1 Å². The summed E-state index contributed by atoms with van der Waals surface area (Å²) in [7, 11) is 1.38. The van der Waals surface area contributed by atoms with E-state index in [1.165, 1.54) is 7.11 Å². The van der Waals surface area contributed by atoms with Crippen LogP contribution in [0, 0.1) is 0 Å². The number of aliphatic hydroxyl groups is 1. The molecule has 1 heterocycles. The van der Waals surface area contributed by atoms with Gasteiger partial charge in [0.1, 0.15) is 0 Å². The number of methoxy groups -OCH3 is 1. The van der Waals surface area contributed by atoms with E-state index in [1.807, 2.05) is 26.0 Å². The molecule has 0 unspecified atom stereocenters. The fourth-order valence-electron chi connectivity index (χ4n) is 4.00. The van der Waals surface area contributed by atoms with Crippen molar-refractivity contribution in [2.45, 2.75) is 83.5 Å². The highest BCUT2D eigenvalue weighted by atomic mass is 16.5. The molecule has 0 spiro atoms. The van der Waals surface area contributed by atoms with E-state index in [-0.39, 0.29) is 24.0 Å². The number of nitrogens with zero attached hydrogens (tertiary/aromatic N) is 1. The first kappa shape index (κ1) is 23.4. The van der Waals surface area contributed by atoms with Crippen molar-refractivity contribution in [3.05, 3.63) is 35.4 Å². The van der Waals surface area contributed by atoms with Gasteiger partial charge in [0, 0.05) is 25.0 Å². The maximum Gasteiger partial charge on any atom is 0.337 e. The van der Waals surface area contributed by atoms with Crippen molar-refractivity contribution in [3.8, 4) is 0 Å². The number of hydrogen-bond donors (Lipinski definition) is 2. The fourth-order valence-corrected chi connectivity index (χ4v) is 4.00. The fraction of sp³-hybridized carbons (Fsp3) is 0.652. The Hall–Kier alpha value is -1.92. The molecule has 6 heteroatoms. The van der Waals surface area contributed by atoms with E-state index in [0.29, 0.717) is 12.0 Å². The van der Waals surface area contributed by atoms with Crippen LogP contribution >= 0.6 is 0 Å². The van der Waals surface area contributed by atoms with Crippen molar-refractivity contribution < 1.29 is 19.4 Å². The third-order valence-corrected chi connectivity index (χ3v) is 5.62. The molecule has 6 nitrogen and oxygen atoms in total. The van der Waals surface area contributed by atoms with Crippen LogP contribution in [-0.4, -0.2) is 53.2 Å². The van der Waals surface area contributed by atoms with Crippen LogP contribution in [-0.2, 0) is 16.1 Å². The molecular weight excluding hydrogens is 368 g/mol. The Balaban J connectivity index is 1.75. The minimum absolute atomic E-state index is 0.211. The average molecular weight is 405 g/mol. The first-order chi connectivity index (χ1) is 13.7. The number of carbonyl (C=O) groups is 2. The molecule has 0 aromatic heterocycles. The van der Waals surface area contributed by atoms with Gasteiger partial charge in [0.15, 0.2) is 0 Å². The lowest BCUT2D eigenvalue weighted by molar-refractivity contribution is -0.131. The lowest BCUT2D eigenvalue weighted by Crippen LogP contribution is -2.41. The van der Waals surface area contributed by atoms with Gasteiger partial charge in [-0.25, -0.2) is 4.79 Å². The second-order valence-electron chi connectivity index (χ2n) is 8.70. The Bertz CT molecular complexity index is 666. The third kappa shape index (κ3) is 7.44. The van der Waals surface area contributed by atoms with Gasteiger partial charge >= 0.3 is 5.97 Å². The van der Waals surface area contributed by atoms with Crippen LogP contribution in [0.2, 0.25) is 0 Å². The molecule has 0 radical (unpaired) electrons. The van der Waals surface area contributed by atoms with E-state index in [0.717, 1.165) is 50.8 Å². The van der Waals surface area contributed by atoms with Gasteiger partial charge in [-0.15, -0.1) is 0 Å². The number of rotatable bonds is 11. The van der Waals surface area contributed by atoms with E-state index in [4.69, 9.17) is 4.74 Å². The highest BCUT2D eigenvalue weighted by Crippen LogP contribution is 2.26. The zero-order valence-corrected chi connectivity index (χ0v) is 18.2. The lowest BCUT2D eigenvalue weighted by Gasteiger charge is -2.32. The Morgan fingerprint density at radius 3 is 2.66 bits per heavy atom. The first-order valence-electron chi connectivity index (χ1n) is 10.6. The summed E-state index contributed by atoms with van der Waals surface area (Å²) >= 11 is 0. The standard InChI is InChI=1S/C23H36N2O4/c1-17(6-5-14-23(2,3)28)25-20(11-12-21(25)26)13-15-24-16-18-7-9-19(10-8-18)22(27)29-4/h7-10,17,20,24,28H,5-6,11-16H2,1-4H3/t17-,20+/m0/s1. The third-order valence-electron chi connectivity index (χ3n) is 5.62. The van der Waals surface area contributed by atoms with Crippen molar-refractivity contribution >= 4 is 11.9 Å². The SMILES string of the molecule is COC(=O)c1ccc(CNCC[C@H]2CCC(=O)N2[C@@H](C)CCCC(C)(C)O)cc1. The average Bonchev–Trinajstić information content (AvgIpc) is 3.04. The molecule has 1 aromatic carbocycles. The van der Waals surface area contributed by atoms with Crippen molar-refractivity contribution in [1.82, 2.24) is 10.2 Å². The predicted octanol–water partition coefficient (Wildman–Crippen LogP) is 3.27. The Morgan fingerprint density at radius 1 is 1.34 bits per heavy atom. The van der Waals surface area contributed by atoms with Crippen molar-refractivity contribution in [3.63, 3.8) is 0 Å². The van der Waals surface area contributed by atoms with E-state index < -0.39 is 5.60 Å². The highest BCUT2D eigenvalue weighted by molar-refractivity contribution is 5.89. The van der Waals surface area contributed by atoms with Crippen molar-refractivity contribution in [2.24, 2.45) is 0 Å². The molecule has 1 aliphatic heterocycles. The normalized spacial score (nSPS) is 18.2. The van der Waals surface area contributed by atoms with Gasteiger partial charge in [0.2, 0.25) is 5.91 Å². The van der Waals surface area contributed by atoms with Gasteiger partial charge in [0.25, 0.3) is 0 Å². The number of amides is 1. The number of carbonyl (C=O) groups excluding carboxylic acids is 2. The Kier molecular flexibility index (Phi) is 8.65. The second-order valence-corrected chi connectivity index (χ2v) is 8.70. The van der Waals surface area contributed by atoms with E-state index in [2.05, 4.69) is 17.1 Å². The van der Waals surface area contributed by atoms with E-state index >= 15 is 0 Å². The van der Waals surface area contributed by atoms with Gasteiger partial charge in [-0.1, -0.05) is 12.1 Å². The van der Waals surface area contributed by atoms with E-state index in [9.17, 15) is 14.7 Å². The van der Waals surface area contributed by atoms with Gasteiger partial charge in [0.05, 0.1) is 18.3 Å². The zero-order valence-electron chi connectivity index (χ0n) is 18.2. The monoisotopic (exact) mass is 404 g/mol. The highest BCUT2D eigenvalue weighted by Gasteiger charge is 2.33. The number of hydrogen-bond acceptors (Lipinski definition) is 5. The molecule has 1 aromatic rings. The molecule has 2 N–H and O–H groups in total. The molecule has 0 bridgehead atoms. The maximum absolute atomic E-state index is 12.4. The molecule has 1 aliphatic rings. The van der Waals surface area contributed by atoms with Gasteiger partial charge in [-0.3, -0.25) is 4.79 Å². The lowest BCUT2D eigenvalue weighted by atomic mass is 9.99. The summed E-state index contributed by atoms with van der Waals surface area (Å²) in [6.45, 7) is 7.34. The molecule has 29 heavy (non-hydrogen) atoms. The summed E-state index contributed by atoms with van der Waals surface area (Å²) in [5, 5.41) is 13.3. The molecule has 0 aliphatic carbocycles. The second kappa shape index (κ2) is 10.7. The van der Waals surface area contributed by atoms with Gasteiger partial charge in [-0.05, 0) is 77.1 Å². The Labute approximate surface area is 174 Å². The predicted molar refractivity (Wildman–Crippen MR) is 114 cm³/mol. The van der Waals surface area contributed by atoms with Crippen LogP contribution in [0.4, 0.5) is 0 Å². The van der Waals surface area contributed by atoms with Gasteiger partial charge in [-0.2, -0.15) is 0 Å². The summed E-state index contributed by atoms with van der Waals surface area (Å²) in [6, 6.07) is 7.90. The Morgan fingerprint density at radius 2 is 2.03 bits per heavy atom. The van der Waals surface area contributed by atoms with Crippen LogP contribution in [0.3, 0.4) is 0 Å². The summed E-state index contributed by atoms with van der Waals surface area (Å²) in [4.78, 5) is 25.9. The topological polar surface area (TPSA) is 78.9 Å². The van der Waals surface area contributed by atoms with Crippen molar-refractivity contribution in [1.29, 1.82) is 0 Å². The first-order valence-corrected chi connectivity index (χ1v) is 10.6. The summed E-state index contributed by atoms with van der Waals surface area (Å²) in [5.41, 5.74) is 1.01. The molecular formula is C23H36N2O4. The molecule has 162 valence electrons. The molecule has 0 saturated carbocycles. The number of benzene rings is 1. The number of nitrogens with one attached hydrogen (secondary N) is 1. The molecule has 2 rings (SSSR count). The quantitative estimate of drug-likeness (QED) is 0.437. The summed E-state index contributed by atoms with van der Waals surface area (Å²) in [5.74, 6) is -0.0728. The number of likely N-dealkylation sites (tertiary alicyclic amines) is 1. The summed E-state index contributed by atoms with van der Waals surface area (Å²) in [6.07, 6.45) is 5.08. The molecule has 1 amide bonds. The largest absolute Gasteiger partial charge is 0.465 e. The van der Waals surface area contributed by atoms with Crippen LogP contribution in [0.15, 0.2) is 24.3 Å². The van der Waals surface area contributed by atoms with Crippen LogP contribution in [0.5, 0.6) is 0 Å².